The summed E-state index contributed by atoms with van der Waals surface area (Å²) in [5.41, 5.74) is 7.46. The number of benzene rings is 1. The summed E-state index contributed by atoms with van der Waals surface area (Å²) in [7, 11) is 0. The van der Waals surface area contributed by atoms with E-state index in [4.69, 9.17) is 5.73 Å². The van der Waals surface area contributed by atoms with E-state index in [9.17, 15) is 48.3 Å². The van der Waals surface area contributed by atoms with Gasteiger partial charge in [-0.15, -0.1) is 0 Å². The fourth-order valence-electron chi connectivity index (χ4n) is 8.67. The highest BCUT2D eigenvalue weighted by molar-refractivity contribution is 5.97. The third-order valence-corrected chi connectivity index (χ3v) is 12.7. The minimum Gasteiger partial charge on any atom is -0.390 e. The second-order valence-electron chi connectivity index (χ2n) is 20.1. The molecule has 9 amide bonds. The second-order valence-corrected chi connectivity index (χ2v) is 20.1. The summed E-state index contributed by atoms with van der Waals surface area (Å²) in [6, 6.07) is 0.884. The van der Waals surface area contributed by atoms with Crippen molar-refractivity contribution in [2.45, 2.75) is 141 Å². The highest BCUT2D eigenvalue weighted by Gasteiger charge is 2.40. The number of amides is 9. The average Bonchev–Trinajstić information content (AvgIpc) is 4.24. The smallest absolute Gasteiger partial charge is 0.246 e. The second kappa shape index (κ2) is 28.6. The molecule has 13 N–H and O–H groups in total. The molecule has 0 saturated carbocycles. The van der Waals surface area contributed by atoms with Gasteiger partial charge in [-0.25, -0.2) is 15.0 Å². The van der Waals surface area contributed by atoms with E-state index in [1.807, 2.05) is 13.8 Å². The van der Waals surface area contributed by atoms with Gasteiger partial charge in [0, 0.05) is 73.8 Å². The third kappa shape index (κ3) is 18.2. The van der Waals surface area contributed by atoms with Crippen LogP contribution in [0.25, 0.3) is 0 Å². The number of hydrogen-bond donors (Lipinski definition) is 12. The largest absolute Gasteiger partial charge is 0.390 e. The van der Waals surface area contributed by atoms with Gasteiger partial charge in [0.1, 0.15) is 36.3 Å². The first-order valence-electron chi connectivity index (χ1n) is 25.5. The fourth-order valence-corrected chi connectivity index (χ4v) is 8.67. The number of hydrogen-bond acceptors (Lipinski definition) is 13. The topological polar surface area (TPSA) is 373 Å². The highest BCUT2D eigenvalue weighted by Crippen LogP contribution is 2.21. The van der Waals surface area contributed by atoms with Crippen molar-refractivity contribution >= 4 is 53.2 Å². The van der Waals surface area contributed by atoms with Crippen LogP contribution in [0.3, 0.4) is 0 Å². The van der Waals surface area contributed by atoms with Gasteiger partial charge in [-0.2, -0.15) is 0 Å². The van der Waals surface area contributed by atoms with Gasteiger partial charge in [-0.05, 0) is 36.7 Å². The highest BCUT2D eigenvalue weighted by atomic mass is 16.3. The normalized spacial score (nSPS) is 16.1. The van der Waals surface area contributed by atoms with Crippen LogP contribution in [-0.2, 0) is 68.8 Å². The van der Waals surface area contributed by atoms with E-state index in [-0.39, 0.29) is 56.9 Å². The molecular weight excluding hydrogens is 983 g/mol. The third-order valence-electron chi connectivity index (χ3n) is 12.7. The maximum atomic E-state index is 14.6. The van der Waals surface area contributed by atoms with E-state index >= 15 is 0 Å². The number of H-pyrrole nitrogens is 3. The molecule has 76 heavy (non-hydrogen) atoms. The van der Waals surface area contributed by atoms with Gasteiger partial charge in [0.2, 0.25) is 53.2 Å². The number of likely N-dealkylation sites (tertiary alicyclic amines) is 1. The summed E-state index contributed by atoms with van der Waals surface area (Å²) in [6.45, 7) is 10.2. The minimum absolute atomic E-state index is 0.00301. The van der Waals surface area contributed by atoms with E-state index in [1.54, 1.807) is 64.2 Å². The standard InChI is InChI=1S/C51H73N15O10/c1-28(2)15-35(41(67)20-43(69)65-44(29(3)4)50(75)63-37(17-32-21-53-25-57-32)46(71)56-24-42(52)68)60-48(73)38(18-33-22-54-26-58-33)61-47(72)36(16-31-11-8-7-9-12-31)62-49(74)40-13-10-14-66(40)51(76)39(64-45(70)30(5)6)19-34-23-55-27-59-34/h7-9,11-12,21-23,25-30,35-41,44,67H,10,13-20,24H2,1-6H3,(H2,52,68)(H,53,57)(H,54,58)(H,55,59)(H,56,71)(H,60,73)(H,61,72)(H,62,74)(H,63,75)(H,64,70)(H,65,69)/t35?,36-,37-,38-,39-,40-,41-,44-/m0/s1. The number of aromatic nitrogens is 6. The first-order chi connectivity index (χ1) is 36.2. The van der Waals surface area contributed by atoms with Crippen LogP contribution in [0.2, 0.25) is 0 Å². The maximum absolute atomic E-state index is 14.6. The summed E-state index contributed by atoms with van der Waals surface area (Å²) in [4.78, 5) is 144. The van der Waals surface area contributed by atoms with Gasteiger partial charge in [0.15, 0.2) is 0 Å². The molecule has 0 spiro atoms. The molecule has 1 aromatic carbocycles. The molecule has 4 heterocycles. The molecule has 1 saturated heterocycles. The molecule has 1 aliphatic heterocycles. The van der Waals surface area contributed by atoms with Crippen LogP contribution in [0.5, 0.6) is 0 Å². The Labute approximate surface area is 440 Å². The van der Waals surface area contributed by atoms with Crippen LogP contribution in [0, 0.1) is 17.8 Å². The molecule has 8 atom stereocenters. The van der Waals surface area contributed by atoms with Gasteiger partial charge in [-0.3, -0.25) is 43.2 Å². The number of carbonyl (C=O) groups is 9. The predicted octanol–water partition coefficient (Wildman–Crippen LogP) is -1.26. The molecule has 1 unspecified atom stereocenters. The average molecular weight is 1060 g/mol. The molecule has 3 aromatic heterocycles. The summed E-state index contributed by atoms with van der Waals surface area (Å²) in [5.74, 6) is -6.91. The summed E-state index contributed by atoms with van der Waals surface area (Å²) < 4.78 is 0. The van der Waals surface area contributed by atoms with Crippen molar-refractivity contribution in [1.82, 2.24) is 72.0 Å². The minimum atomic E-state index is -1.50. The molecule has 0 bridgehead atoms. The van der Waals surface area contributed by atoms with Gasteiger partial charge < -0.3 is 67.9 Å². The van der Waals surface area contributed by atoms with Crippen molar-refractivity contribution in [3.8, 4) is 0 Å². The van der Waals surface area contributed by atoms with Gasteiger partial charge in [-0.1, -0.05) is 71.9 Å². The van der Waals surface area contributed by atoms with Crippen molar-refractivity contribution in [2.24, 2.45) is 23.5 Å². The van der Waals surface area contributed by atoms with Crippen molar-refractivity contribution in [1.29, 1.82) is 0 Å². The molecule has 5 rings (SSSR count). The lowest BCUT2D eigenvalue weighted by Gasteiger charge is -2.31. The van der Waals surface area contributed by atoms with Crippen molar-refractivity contribution in [3.63, 3.8) is 0 Å². The molecular formula is C51H73N15O10. The maximum Gasteiger partial charge on any atom is 0.246 e. The van der Waals surface area contributed by atoms with Crippen LogP contribution >= 0.6 is 0 Å². The van der Waals surface area contributed by atoms with Gasteiger partial charge >= 0.3 is 0 Å². The molecule has 412 valence electrons. The fraction of sp³-hybridized carbons (Fsp3) is 0.529. The molecule has 1 fully saturated rings. The number of imidazole rings is 3. The van der Waals surface area contributed by atoms with Gasteiger partial charge in [0.05, 0.1) is 44.1 Å². The molecule has 4 aromatic rings. The lowest BCUT2D eigenvalue weighted by molar-refractivity contribution is -0.142. The van der Waals surface area contributed by atoms with E-state index in [0.717, 1.165) is 0 Å². The number of primary amides is 1. The first kappa shape index (κ1) is 58.9. The number of nitrogens with zero attached hydrogens (tertiary/aromatic N) is 4. The number of rotatable bonds is 29. The quantitative estimate of drug-likeness (QED) is 0.0303. The monoisotopic (exact) mass is 1060 g/mol. The summed E-state index contributed by atoms with van der Waals surface area (Å²) >= 11 is 0. The Morgan fingerprint density at radius 1 is 0.658 bits per heavy atom. The van der Waals surface area contributed by atoms with E-state index in [1.165, 1.54) is 36.3 Å². The Bertz CT molecular complexity index is 2540. The zero-order valence-corrected chi connectivity index (χ0v) is 43.8. The Morgan fingerprint density at radius 3 is 1.71 bits per heavy atom. The Morgan fingerprint density at radius 2 is 1.18 bits per heavy atom. The molecule has 0 radical (unpaired) electrons. The molecule has 25 heteroatoms. The molecule has 25 nitrogen and oxygen atoms in total. The zero-order valence-electron chi connectivity index (χ0n) is 43.8. The molecule has 0 aliphatic carbocycles. The van der Waals surface area contributed by atoms with E-state index < -0.39 is 120 Å². The van der Waals surface area contributed by atoms with Crippen LogP contribution in [0.4, 0.5) is 0 Å². The Hall–Kier alpha value is -7.96. The summed E-state index contributed by atoms with van der Waals surface area (Å²) in [6.07, 6.45) is 7.57. The number of carbonyl (C=O) groups excluding carboxylic acids is 9. The van der Waals surface area contributed by atoms with Gasteiger partial charge in [0.25, 0.3) is 0 Å². The first-order valence-corrected chi connectivity index (χ1v) is 25.5. The Kier molecular flexibility index (Phi) is 22.2. The summed E-state index contributed by atoms with van der Waals surface area (Å²) in [5, 5.41) is 30.6. The Balaban J connectivity index is 1.31. The number of aliphatic hydroxyl groups excluding tert-OH is 1. The zero-order chi connectivity index (χ0) is 55.5. The predicted molar refractivity (Wildman–Crippen MR) is 275 cm³/mol. The lowest BCUT2D eigenvalue weighted by Crippen LogP contribution is -2.60. The number of nitrogens with two attached hydrogens (primary N) is 1. The van der Waals surface area contributed by atoms with Crippen molar-refractivity contribution in [3.05, 3.63) is 90.5 Å². The number of aromatic amines is 3. The van der Waals surface area contributed by atoms with Crippen LogP contribution in [0.1, 0.15) is 89.9 Å². The van der Waals surface area contributed by atoms with Crippen LogP contribution in [-0.4, -0.2) is 155 Å². The van der Waals surface area contributed by atoms with Crippen LogP contribution in [0.15, 0.2) is 67.9 Å². The SMILES string of the molecule is CC(C)CC(NC(=O)[C@H](Cc1cnc[nH]1)NC(=O)[C@H](Cc1ccccc1)NC(=O)[C@@H]1CCCN1C(=O)[C@H](Cc1cnc[nH]1)NC(=O)C(C)C)[C@@H](O)CC(=O)N[C@H](C(=O)N[C@@H](Cc1cnc[nH]1)C(=O)NCC(N)=O)C(C)C. The van der Waals surface area contributed by atoms with E-state index in [0.29, 0.717) is 29.1 Å². The van der Waals surface area contributed by atoms with Crippen molar-refractivity contribution < 1.29 is 48.3 Å². The van der Waals surface area contributed by atoms with Crippen LogP contribution < -0.4 is 43.0 Å². The number of aliphatic hydroxyl groups is 1. The van der Waals surface area contributed by atoms with E-state index in [2.05, 4.69) is 67.1 Å². The lowest BCUT2D eigenvalue weighted by atomic mass is 9.95. The van der Waals surface area contributed by atoms with Crippen molar-refractivity contribution in [2.75, 3.05) is 13.1 Å². The number of nitrogens with one attached hydrogen (secondary N) is 10. The molecule has 1 aliphatic rings.